The Labute approximate surface area is 112 Å². The topological polar surface area (TPSA) is 37.8 Å². The number of nitrogens with zero attached hydrogens (tertiary/aromatic N) is 2. The van der Waals surface area contributed by atoms with E-state index < -0.39 is 0 Å². The van der Waals surface area contributed by atoms with Gasteiger partial charge in [0.25, 0.3) is 0 Å². The van der Waals surface area contributed by atoms with Crippen LogP contribution < -0.4 is 5.32 Å². The molecule has 2 aromatic rings. The molecule has 2 aromatic heterocycles. The molecule has 0 saturated heterocycles. The molecule has 3 nitrogen and oxygen atoms in total. The molecule has 2 heterocycles. The van der Waals surface area contributed by atoms with Crippen molar-refractivity contribution in [3.8, 4) is 0 Å². The van der Waals surface area contributed by atoms with Gasteiger partial charge in [0.05, 0.1) is 5.39 Å². The molecule has 96 valence electrons. The molecule has 0 aromatic carbocycles. The van der Waals surface area contributed by atoms with Crippen molar-refractivity contribution in [2.75, 3.05) is 5.32 Å². The summed E-state index contributed by atoms with van der Waals surface area (Å²) in [6, 6.07) is 2.71. The first kappa shape index (κ1) is 11.9. The first-order valence-electron chi connectivity index (χ1n) is 6.81. The molecule has 18 heavy (non-hydrogen) atoms. The van der Waals surface area contributed by atoms with Gasteiger partial charge < -0.3 is 5.32 Å². The maximum absolute atomic E-state index is 4.58. The Kier molecular flexibility index (Phi) is 3.46. The average Bonchev–Trinajstić information content (AvgIpc) is 2.66. The van der Waals surface area contributed by atoms with Gasteiger partial charge in [-0.2, -0.15) is 0 Å². The van der Waals surface area contributed by atoms with Gasteiger partial charge in [-0.25, -0.2) is 9.97 Å². The van der Waals surface area contributed by atoms with Crippen molar-refractivity contribution in [2.45, 2.75) is 51.5 Å². The summed E-state index contributed by atoms with van der Waals surface area (Å²) in [6.45, 7) is 1.97. The van der Waals surface area contributed by atoms with Crippen LogP contribution in [0.3, 0.4) is 0 Å². The monoisotopic (exact) mass is 261 g/mol. The molecule has 0 radical (unpaired) electrons. The Morgan fingerprint density at radius 3 is 2.72 bits per heavy atom. The van der Waals surface area contributed by atoms with Crippen LogP contribution >= 0.6 is 11.3 Å². The third-order valence-corrected chi connectivity index (χ3v) is 4.44. The van der Waals surface area contributed by atoms with E-state index in [1.165, 1.54) is 43.9 Å². The minimum Gasteiger partial charge on any atom is -0.367 e. The van der Waals surface area contributed by atoms with Crippen molar-refractivity contribution in [2.24, 2.45) is 0 Å². The van der Waals surface area contributed by atoms with Crippen molar-refractivity contribution in [1.82, 2.24) is 9.97 Å². The summed E-state index contributed by atoms with van der Waals surface area (Å²) in [5, 5.41) is 6.92. The molecule has 0 atom stereocenters. The number of hydrogen-bond donors (Lipinski definition) is 1. The molecule has 0 amide bonds. The molecule has 0 aliphatic heterocycles. The summed E-state index contributed by atoms with van der Waals surface area (Å²) in [6.07, 6.45) is 8.00. The Hall–Kier alpha value is -1.16. The predicted octanol–water partition coefficient (Wildman–Crippen LogP) is 4.13. The zero-order valence-electron chi connectivity index (χ0n) is 10.8. The van der Waals surface area contributed by atoms with Gasteiger partial charge in [0, 0.05) is 6.04 Å². The lowest BCUT2D eigenvalue weighted by Gasteiger charge is -2.17. The van der Waals surface area contributed by atoms with Crippen LogP contribution in [-0.2, 0) is 0 Å². The molecule has 1 aliphatic rings. The number of thiophene rings is 1. The van der Waals surface area contributed by atoms with Crippen molar-refractivity contribution in [1.29, 1.82) is 0 Å². The summed E-state index contributed by atoms with van der Waals surface area (Å²) in [4.78, 5) is 10.2. The molecule has 0 bridgehead atoms. The van der Waals surface area contributed by atoms with Gasteiger partial charge in [-0.3, -0.25) is 0 Å². The van der Waals surface area contributed by atoms with E-state index in [-0.39, 0.29) is 0 Å². The lowest BCUT2D eigenvalue weighted by Crippen LogP contribution is -2.19. The molecule has 0 spiro atoms. The lowest BCUT2D eigenvalue weighted by atomic mass is 10.1. The molecule has 3 rings (SSSR count). The molecule has 1 fully saturated rings. The average molecular weight is 261 g/mol. The van der Waals surface area contributed by atoms with E-state index in [1.807, 2.05) is 6.92 Å². The standard InChI is InChI=1S/C14H19N3S/c1-10-15-13(12-8-9-18-14(12)16-10)17-11-6-4-2-3-5-7-11/h8-9,11H,2-7H2,1H3,(H,15,16,17). The minimum absolute atomic E-state index is 0.588. The van der Waals surface area contributed by atoms with Crippen LogP contribution in [0.5, 0.6) is 0 Å². The number of aromatic nitrogens is 2. The van der Waals surface area contributed by atoms with E-state index in [1.54, 1.807) is 11.3 Å². The Morgan fingerprint density at radius 1 is 1.17 bits per heavy atom. The van der Waals surface area contributed by atoms with Crippen LogP contribution in [0.15, 0.2) is 11.4 Å². The number of hydrogen-bond acceptors (Lipinski definition) is 4. The van der Waals surface area contributed by atoms with Crippen molar-refractivity contribution in [3.63, 3.8) is 0 Å². The Balaban J connectivity index is 1.86. The predicted molar refractivity (Wildman–Crippen MR) is 77.3 cm³/mol. The van der Waals surface area contributed by atoms with Gasteiger partial charge in [0.1, 0.15) is 16.5 Å². The van der Waals surface area contributed by atoms with Crippen LogP contribution in [0.2, 0.25) is 0 Å². The van der Waals surface area contributed by atoms with Crippen LogP contribution in [0.25, 0.3) is 10.2 Å². The highest BCUT2D eigenvalue weighted by molar-refractivity contribution is 7.16. The second kappa shape index (κ2) is 5.22. The molecule has 1 saturated carbocycles. The maximum atomic E-state index is 4.58. The van der Waals surface area contributed by atoms with E-state index in [0.717, 1.165) is 16.5 Å². The van der Waals surface area contributed by atoms with Crippen LogP contribution in [0, 0.1) is 6.92 Å². The highest BCUT2D eigenvalue weighted by atomic mass is 32.1. The van der Waals surface area contributed by atoms with Gasteiger partial charge in [0.15, 0.2) is 0 Å². The highest BCUT2D eigenvalue weighted by Crippen LogP contribution is 2.27. The smallest absolute Gasteiger partial charge is 0.138 e. The summed E-state index contributed by atoms with van der Waals surface area (Å²) in [5.41, 5.74) is 0. The number of fused-ring (bicyclic) bond motifs is 1. The van der Waals surface area contributed by atoms with E-state index >= 15 is 0 Å². The van der Waals surface area contributed by atoms with Crippen LogP contribution in [0.1, 0.15) is 44.3 Å². The van der Waals surface area contributed by atoms with Gasteiger partial charge in [0.2, 0.25) is 0 Å². The number of anilines is 1. The molecular weight excluding hydrogens is 242 g/mol. The van der Waals surface area contributed by atoms with E-state index in [4.69, 9.17) is 0 Å². The van der Waals surface area contributed by atoms with Crippen molar-refractivity contribution < 1.29 is 0 Å². The number of nitrogens with one attached hydrogen (secondary N) is 1. The first-order chi connectivity index (χ1) is 8.83. The third kappa shape index (κ3) is 2.48. The zero-order valence-corrected chi connectivity index (χ0v) is 11.6. The molecule has 1 N–H and O–H groups in total. The SMILES string of the molecule is Cc1nc(NC2CCCCCC2)c2ccsc2n1. The maximum Gasteiger partial charge on any atom is 0.138 e. The summed E-state index contributed by atoms with van der Waals surface area (Å²) < 4.78 is 0. The molecule has 4 heteroatoms. The quantitative estimate of drug-likeness (QED) is 0.826. The van der Waals surface area contributed by atoms with Gasteiger partial charge in [-0.05, 0) is 31.2 Å². The van der Waals surface area contributed by atoms with Gasteiger partial charge >= 0.3 is 0 Å². The third-order valence-electron chi connectivity index (χ3n) is 3.63. The lowest BCUT2D eigenvalue weighted by molar-refractivity contribution is 0.618. The fourth-order valence-corrected chi connectivity index (χ4v) is 3.50. The first-order valence-corrected chi connectivity index (χ1v) is 7.69. The second-order valence-corrected chi connectivity index (χ2v) is 5.99. The minimum atomic E-state index is 0.588. The number of aryl methyl sites for hydroxylation is 1. The largest absolute Gasteiger partial charge is 0.367 e. The van der Waals surface area contributed by atoms with E-state index in [9.17, 15) is 0 Å². The Bertz CT molecular complexity index is 527. The zero-order chi connectivity index (χ0) is 12.4. The molecule has 1 aliphatic carbocycles. The molecular formula is C14H19N3S. The fourth-order valence-electron chi connectivity index (χ4n) is 2.69. The van der Waals surface area contributed by atoms with Crippen molar-refractivity contribution >= 4 is 27.4 Å². The fraction of sp³-hybridized carbons (Fsp3) is 0.571. The van der Waals surface area contributed by atoms with Gasteiger partial charge in [-0.1, -0.05) is 25.7 Å². The number of rotatable bonds is 2. The Morgan fingerprint density at radius 2 is 1.94 bits per heavy atom. The normalized spacial score (nSPS) is 17.8. The van der Waals surface area contributed by atoms with Gasteiger partial charge in [-0.15, -0.1) is 11.3 Å². The highest BCUT2D eigenvalue weighted by Gasteiger charge is 2.14. The second-order valence-electron chi connectivity index (χ2n) is 5.09. The van der Waals surface area contributed by atoms with E-state index in [2.05, 4.69) is 26.7 Å². The summed E-state index contributed by atoms with van der Waals surface area (Å²) in [5.74, 6) is 1.90. The van der Waals surface area contributed by atoms with Crippen LogP contribution in [-0.4, -0.2) is 16.0 Å². The molecule has 0 unspecified atom stereocenters. The summed E-state index contributed by atoms with van der Waals surface area (Å²) in [7, 11) is 0. The van der Waals surface area contributed by atoms with E-state index in [0.29, 0.717) is 6.04 Å². The van der Waals surface area contributed by atoms with Crippen molar-refractivity contribution in [3.05, 3.63) is 17.3 Å². The van der Waals surface area contributed by atoms with Crippen LogP contribution in [0.4, 0.5) is 5.82 Å². The summed E-state index contributed by atoms with van der Waals surface area (Å²) >= 11 is 1.69.